The number of hydrogen-bond donors (Lipinski definition) is 1. The lowest BCUT2D eigenvalue weighted by Gasteiger charge is -2.37. The largest absolute Gasteiger partial charge is 0.466 e. The molecule has 1 N–H and O–H groups in total. The zero-order valence-electron chi connectivity index (χ0n) is 16.5. The van der Waals surface area contributed by atoms with Gasteiger partial charge in [-0.3, -0.25) is 4.79 Å². The van der Waals surface area contributed by atoms with E-state index in [1.165, 1.54) is 0 Å². The van der Waals surface area contributed by atoms with Crippen molar-refractivity contribution in [2.75, 3.05) is 26.2 Å². The van der Waals surface area contributed by atoms with E-state index < -0.39 is 0 Å². The summed E-state index contributed by atoms with van der Waals surface area (Å²) in [5, 5.41) is 3.47. The molecule has 1 unspecified atom stereocenters. The second-order valence-electron chi connectivity index (χ2n) is 7.19. The summed E-state index contributed by atoms with van der Waals surface area (Å²) in [6, 6.07) is 14.0. The Labute approximate surface area is 184 Å². The normalized spacial score (nSPS) is 19.2. The van der Waals surface area contributed by atoms with Crippen molar-refractivity contribution < 1.29 is 14.3 Å². The van der Waals surface area contributed by atoms with E-state index in [4.69, 9.17) is 14.5 Å². The quantitative estimate of drug-likeness (QED) is 0.506. The van der Waals surface area contributed by atoms with Crippen molar-refractivity contribution in [3.05, 3.63) is 51.6 Å². The second-order valence-corrected chi connectivity index (χ2v) is 8.44. The molecule has 0 bridgehead atoms. The molecule has 2 atom stereocenters. The molecule has 1 fully saturated rings. The van der Waals surface area contributed by atoms with Crippen molar-refractivity contribution in [3.63, 3.8) is 0 Å². The topological polar surface area (TPSA) is 63.2 Å². The molecule has 0 amide bonds. The molecule has 0 aromatic heterocycles. The SMILES string of the molecule is CCOC(=O)C(C)[C@H]1CN(C2=Nc3cc(I)ccc3Oc3ccccc32)CCN1. The monoisotopic (exact) mass is 505 g/mol. The lowest BCUT2D eigenvalue weighted by molar-refractivity contribution is -0.148. The number of para-hydroxylation sites is 1. The van der Waals surface area contributed by atoms with Crippen LogP contribution in [-0.2, 0) is 9.53 Å². The molecule has 6 nitrogen and oxygen atoms in total. The first-order valence-electron chi connectivity index (χ1n) is 9.87. The maximum Gasteiger partial charge on any atom is 0.310 e. The molecule has 7 heteroatoms. The van der Waals surface area contributed by atoms with Gasteiger partial charge in [-0.25, -0.2) is 4.99 Å². The number of piperazine rings is 1. The van der Waals surface area contributed by atoms with Crippen LogP contribution in [0.5, 0.6) is 11.5 Å². The number of nitrogens with zero attached hydrogens (tertiary/aromatic N) is 2. The third kappa shape index (κ3) is 4.25. The molecule has 152 valence electrons. The van der Waals surface area contributed by atoms with E-state index in [9.17, 15) is 4.79 Å². The molecule has 2 aromatic carbocycles. The van der Waals surface area contributed by atoms with Crippen molar-refractivity contribution in [3.8, 4) is 11.5 Å². The van der Waals surface area contributed by atoms with Crippen LogP contribution in [0.2, 0.25) is 0 Å². The van der Waals surface area contributed by atoms with E-state index in [1.54, 1.807) is 0 Å². The minimum atomic E-state index is -0.233. The highest BCUT2D eigenvalue weighted by atomic mass is 127. The predicted molar refractivity (Wildman–Crippen MR) is 121 cm³/mol. The highest BCUT2D eigenvalue weighted by Gasteiger charge is 2.32. The van der Waals surface area contributed by atoms with Crippen LogP contribution in [0.4, 0.5) is 5.69 Å². The van der Waals surface area contributed by atoms with Crippen LogP contribution in [0.1, 0.15) is 19.4 Å². The lowest BCUT2D eigenvalue weighted by Crippen LogP contribution is -2.56. The van der Waals surface area contributed by atoms with Crippen LogP contribution in [0.25, 0.3) is 0 Å². The van der Waals surface area contributed by atoms with Gasteiger partial charge in [-0.05, 0) is 59.8 Å². The standard InChI is InChI=1S/C22H24IN3O3/c1-3-28-22(27)14(2)18-13-26(11-10-24-18)21-16-6-4-5-7-19(16)29-20-9-8-15(23)12-17(20)25-21/h4-9,12,14,18,24H,3,10-11,13H2,1-2H3/t14?,18-/m1/s1. The van der Waals surface area contributed by atoms with Crippen molar-refractivity contribution in [1.29, 1.82) is 0 Å². The van der Waals surface area contributed by atoms with Gasteiger partial charge in [-0.1, -0.05) is 19.1 Å². The third-order valence-electron chi connectivity index (χ3n) is 5.26. The molecule has 0 spiro atoms. The Morgan fingerprint density at radius 2 is 2.17 bits per heavy atom. The molecule has 1 saturated heterocycles. The zero-order chi connectivity index (χ0) is 20.4. The maximum absolute atomic E-state index is 12.2. The summed E-state index contributed by atoms with van der Waals surface area (Å²) in [5.41, 5.74) is 1.78. The van der Waals surface area contributed by atoms with Gasteiger partial charge in [0, 0.05) is 29.2 Å². The summed E-state index contributed by atoms with van der Waals surface area (Å²) >= 11 is 2.29. The van der Waals surface area contributed by atoms with Gasteiger partial charge in [0.1, 0.15) is 17.3 Å². The van der Waals surface area contributed by atoms with Crippen LogP contribution < -0.4 is 10.1 Å². The Morgan fingerprint density at radius 1 is 1.34 bits per heavy atom. The average Bonchev–Trinajstić information content (AvgIpc) is 2.90. The van der Waals surface area contributed by atoms with Crippen LogP contribution in [0, 0.1) is 9.49 Å². The van der Waals surface area contributed by atoms with Gasteiger partial charge in [-0.2, -0.15) is 0 Å². The maximum atomic E-state index is 12.2. The first-order chi connectivity index (χ1) is 14.1. The number of rotatable bonds is 3. The summed E-state index contributed by atoms with van der Waals surface area (Å²) in [6.45, 7) is 6.40. The molecular weight excluding hydrogens is 481 g/mol. The number of carbonyl (C=O) groups is 1. The number of amidine groups is 1. The van der Waals surface area contributed by atoms with Crippen LogP contribution in [0.15, 0.2) is 47.5 Å². The van der Waals surface area contributed by atoms with Gasteiger partial charge in [0.15, 0.2) is 5.75 Å². The van der Waals surface area contributed by atoms with Crippen molar-refractivity contribution >= 4 is 40.1 Å². The number of nitrogens with one attached hydrogen (secondary N) is 1. The van der Waals surface area contributed by atoms with Crippen LogP contribution in [-0.4, -0.2) is 49.0 Å². The number of ether oxygens (including phenoxy) is 2. The minimum absolute atomic E-state index is 0.00258. The highest BCUT2D eigenvalue weighted by Crippen LogP contribution is 2.39. The lowest BCUT2D eigenvalue weighted by atomic mass is 9.99. The Hall–Kier alpha value is -2.13. The fourth-order valence-corrected chi connectivity index (χ4v) is 4.16. The van der Waals surface area contributed by atoms with E-state index in [0.29, 0.717) is 13.2 Å². The van der Waals surface area contributed by atoms with Gasteiger partial charge < -0.3 is 19.7 Å². The van der Waals surface area contributed by atoms with Crippen molar-refractivity contribution in [1.82, 2.24) is 10.2 Å². The van der Waals surface area contributed by atoms with Crippen molar-refractivity contribution in [2.45, 2.75) is 19.9 Å². The summed E-state index contributed by atoms with van der Waals surface area (Å²) < 4.78 is 12.5. The predicted octanol–water partition coefficient (Wildman–Crippen LogP) is 3.95. The third-order valence-corrected chi connectivity index (χ3v) is 5.93. The number of hydrogen-bond acceptors (Lipinski definition) is 6. The molecule has 0 saturated carbocycles. The Morgan fingerprint density at radius 3 is 3.00 bits per heavy atom. The van der Waals surface area contributed by atoms with E-state index >= 15 is 0 Å². The minimum Gasteiger partial charge on any atom is -0.466 e. The Balaban J connectivity index is 1.69. The average molecular weight is 505 g/mol. The van der Waals surface area contributed by atoms with Gasteiger partial charge in [0.25, 0.3) is 0 Å². The first kappa shape index (κ1) is 20.2. The molecule has 0 radical (unpaired) electrons. The molecule has 2 aliphatic rings. The summed E-state index contributed by atoms with van der Waals surface area (Å²) in [7, 11) is 0. The molecule has 2 aliphatic heterocycles. The first-order valence-corrected chi connectivity index (χ1v) is 10.9. The van der Waals surface area contributed by atoms with Crippen LogP contribution in [0.3, 0.4) is 0 Å². The van der Waals surface area contributed by atoms with Crippen molar-refractivity contribution in [2.24, 2.45) is 10.9 Å². The number of esters is 1. The summed E-state index contributed by atoms with van der Waals surface area (Å²) in [5.74, 6) is 2.02. The number of carbonyl (C=O) groups excluding carboxylic acids is 1. The van der Waals surface area contributed by atoms with Crippen LogP contribution >= 0.6 is 22.6 Å². The molecule has 0 aliphatic carbocycles. The van der Waals surface area contributed by atoms with E-state index in [2.05, 4.69) is 32.8 Å². The Bertz CT molecular complexity index is 947. The zero-order valence-corrected chi connectivity index (χ0v) is 18.7. The highest BCUT2D eigenvalue weighted by molar-refractivity contribution is 14.1. The van der Waals surface area contributed by atoms with E-state index in [1.807, 2.05) is 56.3 Å². The van der Waals surface area contributed by atoms with E-state index in [-0.39, 0.29) is 17.9 Å². The molecule has 29 heavy (non-hydrogen) atoms. The van der Waals surface area contributed by atoms with Gasteiger partial charge >= 0.3 is 5.97 Å². The van der Waals surface area contributed by atoms with Gasteiger partial charge in [0.2, 0.25) is 0 Å². The van der Waals surface area contributed by atoms with Gasteiger partial charge in [-0.15, -0.1) is 0 Å². The summed E-state index contributed by atoms with van der Waals surface area (Å²) in [6.07, 6.45) is 0. The number of fused-ring (bicyclic) bond motifs is 2. The Kier molecular flexibility index (Phi) is 6.05. The summed E-state index contributed by atoms with van der Waals surface area (Å²) in [4.78, 5) is 19.5. The molecule has 2 aromatic rings. The smallest absolute Gasteiger partial charge is 0.310 e. The fourth-order valence-electron chi connectivity index (χ4n) is 3.68. The second kappa shape index (κ2) is 8.71. The number of aliphatic imine (C=N–C) groups is 1. The number of halogens is 1. The van der Waals surface area contributed by atoms with E-state index in [0.717, 1.165) is 45.2 Å². The fraction of sp³-hybridized carbons (Fsp3) is 0.364. The molecule has 2 heterocycles. The molecule has 4 rings (SSSR count). The van der Waals surface area contributed by atoms with Gasteiger partial charge in [0.05, 0.1) is 18.1 Å². The number of benzene rings is 2. The molecular formula is C22H24IN3O3.